The third-order valence-corrected chi connectivity index (χ3v) is 10.3. The van der Waals surface area contributed by atoms with Crippen LogP contribution in [0.15, 0.2) is 60.7 Å². The summed E-state index contributed by atoms with van der Waals surface area (Å²) in [6, 6.07) is 21.3. The lowest BCUT2D eigenvalue weighted by molar-refractivity contribution is 0.0727. The molecule has 2 aromatic carbocycles. The maximum atomic E-state index is 9.69. The van der Waals surface area contributed by atoms with E-state index in [9.17, 15) is 5.11 Å². The van der Waals surface area contributed by atoms with Gasteiger partial charge in [0.15, 0.2) is 0 Å². The standard InChI is InChI=1S/C23H34O3Si/c1-19(17-20(25)18-24)15-16-26-27(23(2,3)4,21-11-7-5-8-12-21)22-13-9-6-10-14-22/h5-14,19-20,24-25H,15-18H2,1-4H3/t19-,20?/m1/s1. The van der Waals surface area contributed by atoms with Gasteiger partial charge in [-0.25, -0.2) is 0 Å². The minimum absolute atomic E-state index is 0.0242. The molecule has 1 unspecified atom stereocenters. The van der Waals surface area contributed by atoms with E-state index in [2.05, 4.69) is 88.4 Å². The molecule has 0 aliphatic heterocycles. The molecule has 0 saturated carbocycles. The molecule has 0 bridgehead atoms. The zero-order chi connectivity index (χ0) is 19.9. The van der Waals surface area contributed by atoms with Crippen molar-refractivity contribution in [1.29, 1.82) is 0 Å². The van der Waals surface area contributed by atoms with Crippen LogP contribution in [-0.4, -0.2) is 37.8 Å². The summed E-state index contributed by atoms with van der Waals surface area (Å²) in [5.74, 6) is 0.297. The molecule has 148 valence electrons. The van der Waals surface area contributed by atoms with Gasteiger partial charge in [-0.2, -0.15) is 0 Å². The Labute approximate surface area is 165 Å². The molecule has 2 aromatic rings. The Morgan fingerprint density at radius 3 is 1.81 bits per heavy atom. The molecule has 2 N–H and O–H groups in total. The minimum atomic E-state index is -2.48. The quantitative estimate of drug-likeness (QED) is 0.650. The van der Waals surface area contributed by atoms with Crippen LogP contribution in [0.5, 0.6) is 0 Å². The monoisotopic (exact) mass is 386 g/mol. The van der Waals surface area contributed by atoms with Crippen molar-refractivity contribution in [2.45, 2.75) is 51.7 Å². The lowest BCUT2D eigenvalue weighted by Gasteiger charge is -2.43. The SMILES string of the molecule is C[C@H](CCO[Si](c1ccccc1)(c1ccccc1)C(C)(C)C)CC(O)CO. The first-order chi connectivity index (χ1) is 12.8. The van der Waals surface area contributed by atoms with Crippen LogP contribution < -0.4 is 10.4 Å². The van der Waals surface area contributed by atoms with E-state index in [1.165, 1.54) is 10.4 Å². The van der Waals surface area contributed by atoms with E-state index < -0.39 is 14.4 Å². The summed E-state index contributed by atoms with van der Waals surface area (Å²) >= 11 is 0. The van der Waals surface area contributed by atoms with Crippen LogP contribution in [0.4, 0.5) is 0 Å². The molecule has 3 nitrogen and oxygen atoms in total. The van der Waals surface area contributed by atoms with Crippen molar-refractivity contribution in [1.82, 2.24) is 0 Å². The molecule has 0 saturated heterocycles. The smallest absolute Gasteiger partial charge is 0.261 e. The van der Waals surface area contributed by atoms with Crippen LogP contribution in [0.3, 0.4) is 0 Å². The van der Waals surface area contributed by atoms with Crippen molar-refractivity contribution in [3.63, 3.8) is 0 Å². The fraction of sp³-hybridized carbons (Fsp3) is 0.478. The predicted molar refractivity (Wildman–Crippen MR) is 115 cm³/mol. The first-order valence-electron chi connectivity index (χ1n) is 9.85. The van der Waals surface area contributed by atoms with Crippen molar-refractivity contribution >= 4 is 18.7 Å². The molecule has 0 amide bonds. The number of benzene rings is 2. The Bertz CT molecular complexity index is 628. The summed E-state index contributed by atoms with van der Waals surface area (Å²) in [6.07, 6.45) is 0.815. The fourth-order valence-electron chi connectivity index (χ4n) is 3.83. The summed E-state index contributed by atoms with van der Waals surface area (Å²) in [6.45, 7) is 9.40. The number of hydrogen-bond acceptors (Lipinski definition) is 3. The minimum Gasteiger partial charge on any atom is -0.407 e. The molecular weight excluding hydrogens is 352 g/mol. The van der Waals surface area contributed by atoms with E-state index in [1.54, 1.807) is 0 Å². The number of rotatable bonds is 9. The molecule has 2 rings (SSSR count). The highest BCUT2D eigenvalue weighted by Gasteiger charge is 2.49. The molecule has 0 radical (unpaired) electrons. The van der Waals surface area contributed by atoms with Gasteiger partial charge in [-0.1, -0.05) is 88.4 Å². The molecule has 0 aliphatic carbocycles. The van der Waals surface area contributed by atoms with Crippen molar-refractivity contribution in [2.24, 2.45) is 5.92 Å². The number of hydrogen-bond donors (Lipinski definition) is 2. The average molecular weight is 387 g/mol. The van der Waals surface area contributed by atoms with Gasteiger partial charge >= 0.3 is 0 Å². The zero-order valence-electron chi connectivity index (χ0n) is 17.1. The van der Waals surface area contributed by atoms with Crippen molar-refractivity contribution < 1.29 is 14.6 Å². The van der Waals surface area contributed by atoms with Crippen LogP contribution >= 0.6 is 0 Å². The summed E-state index contributed by atoms with van der Waals surface area (Å²) in [5, 5.41) is 21.3. The second kappa shape index (κ2) is 9.65. The van der Waals surface area contributed by atoms with E-state index in [0.29, 0.717) is 18.9 Å². The van der Waals surface area contributed by atoms with Crippen molar-refractivity contribution in [3.8, 4) is 0 Å². The highest BCUT2D eigenvalue weighted by atomic mass is 28.4. The highest BCUT2D eigenvalue weighted by molar-refractivity contribution is 6.99. The van der Waals surface area contributed by atoms with Crippen LogP contribution in [0.2, 0.25) is 5.04 Å². The fourth-order valence-corrected chi connectivity index (χ4v) is 8.41. The summed E-state index contributed by atoms with van der Waals surface area (Å²) in [7, 11) is -2.48. The Morgan fingerprint density at radius 1 is 0.926 bits per heavy atom. The van der Waals surface area contributed by atoms with Gasteiger partial charge in [0.2, 0.25) is 0 Å². The Hall–Kier alpha value is -1.46. The van der Waals surface area contributed by atoms with Gasteiger partial charge in [-0.05, 0) is 34.2 Å². The Balaban J connectivity index is 2.33. The first-order valence-corrected chi connectivity index (χ1v) is 11.8. The van der Waals surface area contributed by atoms with Crippen LogP contribution in [0.25, 0.3) is 0 Å². The van der Waals surface area contributed by atoms with Gasteiger partial charge < -0.3 is 14.6 Å². The second-order valence-electron chi connectivity index (χ2n) is 8.48. The maximum absolute atomic E-state index is 9.69. The van der Waals surface area contributed by atoms with Crippen LogP contribution in [0.1, 0.15) is 40.5 Å². The van der Waals surface area contributed by atoms with Crippen molar-refractivity contribution in [2.75, 3.05) is 13.2 Å². The first kappa shape index (κ1) is 21.8. The van der Waals surface area contributed by atoms with Gasteiger partial charge in [0, 0.05) is 6.61 Å². The summed E-state index contributed by atoms with van der Waals surface area (Å²) < 4.78 is 6.85. The van der Waals surface area contributed by atoms with Gasteiger partial charge in [-0.3, -0.25) is 0 Å². The van der Waals surface area contributed by atoms with Gasteiger partial charge in [0.1, 0.15) is 0 Å². The zero-order valence-corrected chi connectivity index (χ0v) is 18.1. The molecular formula is C23H34O3Si. The normalized spacial score (nSPS) is 14.7. The number of aliphatic hydroxyl groups is 2. The molecule has 0 spiro atoms. The van der Waals surface area contributed by atoms with E-state index >= 15 is 0 Å². The Kier molecular flexibility index (Phi) is 7.80. The molecule has 0 heterocycles. The topological polar surface area (TPSA) is 49.7 Å². The van der Waals surface area contributed by atoms with Gasteiger partial charge in [-0.15, -0.1) is 0 Å². The third-order valence-electron chi connectivity index (χ3n) is 5.23. The number of aliphatic hydroxyl groups excluding tert-OH is 2. The largest absolute Gasteiger partial charge is 0.407 e. The van der Waals surface area contributed by atoms with Gasteiger partial charge in [0.25, 0.3) is 8.32 Å². The maximum Gasteiger partial charge on any atom is 0.261 e. The summed E-state index contributed by atoms with van der Waals surface area (Å²) in [5.41, 5.74) is 0. The van der Waals surface area contributed by atoms with E-state index in [0.717, 1.165) is 6.42 Å². The van der Waals surface area contributed by atoms with Crippen LogP contribution in [-0.2, 0) is 4.43 Å². The summed E-state index contributed by atoms with van der Waals surface area (Å²) in [4.78, 5) is 0. The van der Waals surface area contributed by atoms with E-state index in [4.69, 9.17) is 9.53 Å². The molecule has 0 aromatic heterocycles. The lowest BCUT2D eigenvalue weighted by atomic mass is 10.0. The van der Waals surface area contributed by atoms with Gasteiger partial charge in [0.05, 0.1) is 12.7 Å². The van der Waals surface area contributed by atoms with E-state index in [-0.39, 0.29) is 11.6 Å². The lowest BCUT2D eigenvalue weighted by Crippen LogP contribution is -2.66. The van der Waals surface area contributed by atoms with E-state index in [1.807, 2.05) is 0 Å². The van der Waals surface area contributed by atoms with Crippen LogP contribution in [0, 0.1) is 5.92 Å². The highest BCUT2D eigenvalue weighted by Crippen LogP contribution is 2.37. The predicted octanol–water partition coefficient (Wildman–Crippen LogP) is 3.33. The molecule has 27 heavy (non-hydrogen) atoms. The Morgan fingerprint density at radius 2 is 1.41 bits per heavy atom. The second-order valence-corrected chi connectivity index (χ2v) is 12.8. The molecule has 0 aliphatic rings. The molecule has 2 atom stereocenters. The third kappa shape index (κ3) is 5.29. The molecule has 4 heteroatoms. The molecule has 0 fully saturated rings. The van der Waals surface area contributed by atoms with Crippen molar-refractivity contribution in [3.05, 3.63) is 60.7 Å². The average Bonchev–Trinajstić information content (AvgIpc) is 2.65.